The molecule has 0 bridgehead atoms. The average molecular weight is 241 g/mol. The molecule has 0 atom stereocenters. The van der Waals surface area contributed by atoms with E-state index in [0.717, 1.165) is 18.4 Å². The van der Waals surface area contributed by atoms with Gasteiger partial charge in [0.1, 0.15) is 16.4 Å². The molecule has 0 radical (unpaired) electrons. The number of hydrogen-bond donors (Lipinski definition) is 0. The van der Waals surface area contributed by atoms with E-state index in [1.807, 2.05) is 0 Å². The monoisotopic (exact) mass is 240 g/mol. The Morgan fingerprint density at radius 3 is 2.60 bits per heavy atom. The Hall–Kier alpha value is -0.780. The van der Waals surface area contributed by atoms with Gasteiger partial charge in [-0.05, 0) is 30.4 Å². The van der Waals surface area contributed by atoms with Crippen molar-refractivity contribution in [1.82, 2.24) is 4.98 Å². The van der Waals surface area contributed by atoms with Crippen LogP contribution in [-0.4, -0.2) is 4.98 Å². The molecule has 0 N–H and O–H groups in total. The number of rotatable bonds is 1. The van der Waals surface area contributed by atoms with E-state index in [1.165, 1.54) is 12.8 Å². The molecule has 1 aromatic heterocycles. The van der Waals surface area contributed by atoms with Crippen molar-refractivity contribution >= 4 is 23.2 Å². The van der Waals surface area contributed by atoms with Crippen LogP contribution < -0.4 is 0 Å². The van der Waals surface area contributed by atoms with Crippen molar-refractivity contribution in [3.05, 3.63) is 27.5 Å². The molecular weight excluding hydrogens is 231 g/mol. The Morgan fingerprint density at radius 1 is 1.33 bits per heavy atom. The van der Waals surface area contributed by atoms with Crippen LogP contribution in [0.1, 0.15) is 42.7 Å². The van der Waals surface area contributed by atoms with Gasteiger partial charge in [0.2, 0.25) is 0 Å². The molecule has 2 rings (SSSR count). The molecule has 1 aliphatic rings. The lowest BCUT2D eigenvalue weighted by Crippen LogP contribution is -1.99. The molecule has 15 heavy (non-hydrogen) atoms. The molecule has 2 nitrogen and oxygen atoms in total. The third kappa shape index (κ3) is 2.09. The van der Waals surface area contributed by atoms with E-state index in [0.29, 0.717) is 16.6 Å². The third-order valence-corrected chi connectivity index (χ3v) is 3.35. The van der Waals surface area contributed by atoms with Crippen molar-refractivity contribution in [2.75, 3.05) is 0 Å². The zero-order chi connectivity index (χ0) is 10.8. The molecule has 0 aliphatic heterocycles. The maximum Gasteiger partial charge on any atom is 0.148 e. The van der Waals surface area contributed by atoms with E-state index in [4.69, 9.17) is 28.5 Å². The molecule has 1 aromatic rings. The maximum atomic E-state index is 9.03. The fourth-order valence-electron chi connectivity index (χ4n) is 2.17. The highest BCUT2D eigenvalue weighted by atomic mass is 35.5. The van der Waals surface area contributed by atoms with Gasteiger partial charge < -0.3 is 0 Å². The van der Waals surface area contributed by atoms with Crippen molar-refractivity contribution in [2.45, 2.75) is 31.6 Å². The Morgan fingerprint density at radius 2 is 2.00 bits per heavy atom. The first-order valence-electron chi connectivity index (χ1n) is 4.98. The SMILES string of the molecule is N#Cc1c(C2CCCC2)cc(Cl)nc1Cl. The summed E-state index contributed by atoms with van der Waals surface area (Å²) in [7, 11) is 0. The lowest BCUT2D eigenvalue weighted by atomic mass is 9.95. The van der Waals surface area contributed by atoms with Crippen LogP contribution in [0, 0.1) is 11.3 Å². The summed E-state index contributed by atoms with van der Waals surface area (Å²) in [4.78, 5) is 3.88. The molecule has 0 saturated heterocycles. The number of hydrogen-bond acceptors (Lipinski definition) is 2. The summed E-state index contributed by atoms with van der Waals surface area (Å²) in [5.74, 6) is 0.428. The molecule has 0 aromatic carbocycles. The van der Waals surface area contributed by atoms with Gasteiger partial charge >= 0.3 is 0 Å². The number of nitriles is 1. The van der Waals surface area contributed by atoms with Crippen molar-refractivity contribution in [2.24, 2.45) is 0 Å². The van der Waals surface area contributed by atoms with Gasteiger partial charge in [0.15, 0.2) is 0 Å². The molecular formula is C11H10Cl2N2. The topological polar surface area (TPSA) is 36.7 Å². The molecule has 1 heterocycles. The third-order valence-electron chi connectivity index (χ3n) is 2.88. The lowest BCUT2D eigenvalue weighted by molar-refractivity contribution is 0.719. The highest BCUT2D eigenvalue weighted by Gasteiger charge is 2.22. The summed E-state index contributed by atoms with van der Waals surface area (Å²) in [6.07, 6.45) is 4.66. The maximum absolute atomic E-state index is 9.03. The van der Waals surface area contributed by atoms with E-state index in [1.54, 1.807) is 6.07 Å². The van der Waals surface area contributed by atoms with Crippen LogP contribution in [0.25, 0.3) is 0 Å². The van der Waals surface area contributed by atoms with Crippen LogP contribution in [0.5, 0.6) is 0 Å². The fraction of sp³-hybridized carbons (Fsp3) is 0.455. The smallest absolute Gasteiger partial charge is 0.148 e. The molecule has 1 aliphatic carbocycles. The normalized spacial score (nSPS) is 16.6. The molecule has 1 fully saturated rings. The predicted molar refractivity (Wildman–Crippen MR) is 60.2 cm³/mol. The van der Waals surface area contributed by atoms with Crippen molar-refractivity contribution in [3.8, 4) is 6.07 Å². The first kappa shape index (κ1) is 10.7. The summed E-state index contributed by atoms with van der Waals surface area (Å²) in [5.41, 5.74) is 1.47. The van der Waals surface area contributed by atoms with Gasteiger partial charge in [0.25, 0.3) is 0 Å². The van der Waals surface area contributed by atoms with Crippen LogP contribution >= 0.6 is 23.2 Å². The Labute approximate surface area is 98.8 Å². The summed E-state index contributed by atoms with van der Waals surface area (Å²) in [6, 6.07) is 3.89. The zero-order valence-corrected chi connectivity index (χ0v) is 9.65. The highest BCUT2D eigenvalue weighted by Crippen LogP contribution is 2.37. The number of halogens is 2. The number of pyridine rings is 1. The van der Waals surface area contributed by atoms with Crippen LogP contribution in [0.15, 0.2) is 6.07 Å². The Balaban J connectivity index is 2.48. The highest BCUT2D eigenvalue weighted by molar-refractivity contribution is 6.33. The first-order valence-corrected chi connectivity index (χ1v) is 5.74. The van der Waals surface area contributed by atoms with E-state index >= 15 is 0 Å². The van der Waals surface area contributed by atoms with Crippen LogP contribution in [0.3, 0.4) is 0 Å². The average Bonchev–Trinajstić information content (AvgIpc) is 2.69. The summed E-state index contributed by atoms with van der Waals surface area (Å²) in [5, 5.41) is 9.64. The Bertz CT molecular complexity index is 417. The largest absolute Gasteiger partial charge is 0.223 e. The van der Waals surface area contributed by atoms with Gasteiger partial charge in [-0.15, -0.1) is 0 Å². The van der Waals surface area contributed by atoms with Crippen LogP contribution in [0.2, 0.25) is 10.3 Å². The Kier molecular flexibility index (Phi) is 3.14. The second-order valence-corrected chi connectivity index (χ2v) is 4.54. The van der Waals surface area contributed by atoms with E-state index in [9.17, 15) is 0 Å². The lowest BCUT2D eigenvalue weighted by Gasteiger charge is -2.12. The second kappa shape index (κ2) is 4.38. The minimum atomic E-state index is 0.229. The quantitative estimate of drug-likeness (QED) is 0.698. The predicted octanol–water partition coefficient (Wildman–Crippen LogP) is 3.92. The summed E-state index contributed by atoms with van der Waals surface area (Å²) < 4.78 is 0. The first-order chi connectivity index (χ1) is 7.22. The van der Waals surface area contributed by atoms with E-state index in [-0.39, 0.29) is 5.15 Å². The minimum absolute atomic E-state index is 0.229. The molecule has 0 spiro atoms. The summed E-state index contributed by atoms with van der Waals surface area (Å²) >= 11 is 11.7. The second-order valence-electron chi connectivity index (χ2n) is 3.79. The van der Waals surface area contributed by atoms with Gasteiger partial charge in [0.05, 0.1) is 5.56 Å². The standard InChI is InChI=1S/C11H10Cl2N2/c12-10-5-8(7-3-1-2-4-7)9(6-14)11(13)15-10/h5,7H,1-4H2. The van der Waals surface area contributed by atoms with Crippen molar-refractivity contribution < 1.29 is 0 Å². The van der Waals surface area contributed by atoms with Crippen LogP contribution in [0.4, 0.5) is 0 Å². The molecule has 0 amide bonds. The molecule has 4 heteroatoms. The van der Waals surface area contributed by atoms with Gasteiger partial charge in [0, 0.05) is 0 Å². The van der Waals surface area contributed by atoms with E-state index in [2.05, 4.69) is 11.1 Å². The van der Waals surface area contributed by atoms with Crippen LogP contribution in [-0.2, 0) is 0 Å². The van der Waals surface area contributed by atoms with E-state index < -0.39 is 0 Å². The van der Waals surface area contributed by atoms with Gasteiger partial charge in [-0.3, -0.25) is 0 Å². The van der Waals surface area contributed by atoms with Gasteiger partial charge in [-0.25, -0.2) is 4.98 Å². The van der Waals surface area contributed by atoms with Gasteiger partial charge in [-0.1, -0.05) is 36.0 Å². The molecule has 1 saturated carbocycles. The van der Waals surface area contributed by atoms with Crippen molar-refractivity contribution in [1.29, 1.82) is 5.26 Å². The van der Waals surface area contributed by atoms with Gasteiger partial charge in [-0.2, -0.15) is 5.26 Å². The van der Waals surface area contributed by atoms with Crippen molar-refractivity contribution in [3.63, 3.8) is 0 Å². The molecule has 0 unspecified atom stereocenters. The number of nitrogens with zero attached hydrogens (tertiary/aromatic N) is 2. The zero-order valence-electron chi connectivity index (χ0n) is 8.13. The number of aromatic nitrogens is 1. The minimum Gasteiger partial charge on any atom is -0.223 e. The molecule has 78 valence electrons. The fourth-order valence-corrected chi connectivity index (χ4v) is 2.66. The summed E-state index contributed by atoms with van der Waals surface area (Å²) in [6.45, 7) is 0.